The summed E-state index contributed by atoms with van der Waals surface area (Å²) in [6, 6.07) is 15.5. The number of methoxy groups -OCH3 is 1. The topological polar surface area (TPSA) is 66.9 Å². The summed E-state index contributed by atoms with van der Waals surface area (Å²) in [6.45, 7) is 4.05. The smallest absolute Gasteiger partial charge is 0.240 e. The van der Waals surface area contributed by atoms with Gasteiger partial charge in [-0.2, -0.15) is 0 Å². The van der Waals surface area contributed by atoms with E-state index in [2.05, 4.69) is 31.2 Å². The molecule has 2 aromatic rings. The Kier molecular flexibility index (Phi) is 7.92. The summed E-state index contributed by atoms with van der Waals surface area (Å²) in [5, 5.41) is 0.400. The molecule has 2 fully saturated rings. The average molecular weight is 497 g/mol. The van der Waals surface area contributed by atoms with Crippen LogP contribution in [0.2, 0.25) is 5.02 Å². The highest BCUT2D eigenvalue weighted by molar-refractivity contribution is 6.32. The molecule has 2 aliphatic rings. The quantitative estimate of drug-likeness (QED) is 0.399. The number of carbonyl (C=O) groups excluding carboxylic acids is 3. The fourth-order valence-electron chi connectivity index (χ4n) is 5.46. The summed E-state index contributed by atoms with van der Waals surface area (Å²) in [5.74, 6) is -0.458. The number of halogens is 1. The number of amides is 3. The van der Waals surface area contributed by atoms with Gasteiger partial charge in [-0.05, 0) is 43.4 Å². The van der Waals surface area contributed by atoms with Crippen LogP contribution in [0.15, 0.2) is 48.5 Å². The van der Waals surface area contributed by atoms with Crippen LogP contribution in [0.1, 0.15) is 54.7 Å². The minimum absolute atomic E-state index is 0.0521. The predicted molar refractivity (Wildman–Crippen MR) is 135 cm³/mol. The van der Waals surface area contributed by atoms with Gasteiger partial charge >= 0.3 is 0 Å². The lowest BCUT2D eigenvalue weighted by Crippen LogP contribution is -2.46. The molecule has 2 aliphatic heterocycles. The maximum Gasteiger partial charge on any atom is 0.240 e. The molecule has 3 amide bonds. The van der Waals surface area contributed by atoms with E-state index in [0.29, 0.717) is 36.7 Å². The Morgan fingerprint density at radius 3 is 2.71 bits per heavy atom. The van der Waals surface area contributed by atoms with Crippen molar-refractivity contribution in [3.8, 4) is 0 Å². The molecular weight excluding hydrogens is 464 g/mol. The average Bonchev–Trinajstić information content (AvgIpc) is 3.09. The lowest BCUT2D eigenvalue weighted by Gasteiger charge is -2.36. The molecule has 0 spiro atoms. The first-order chi connectivity index (χ1) is 16.9. The summed E-state index contributed by atoms with van der Waals surface area (Å²) in [6.07, 6.45) is 2.35. The Balaban J connectivity index is 1.59. The predicted octanol–water partition coefficient (Wildman–Crippen LogP) is 4.48. The third kappa shape index (κ3) is 5.29. The van der Waals surface area contributed by atoms with Gasteiger partial charge in [0.15, 0.2) is 0 Å². The van der Waals surface area contributed by atoms with Crippen molar-refractivity contribution >= 4 is 29.3 Å². The van der Waals surface area contributed by atoms with Crippen LogP contribution in [0.4, 0.5) is 0 Å². The van der Waals surface area contributed by atoms with Crippen LogP contribution in [0.5, 0.6) is 0 Å². The van der Waals surface area contributed by atoms with E-state index >= 15 is 0 Å². The zero-order valence-electron chi connectivity index (χ0n) is 20.5. The van der Waals surface area contributed by atoms with Crippen LogP contribution in [0, 0.1) is 6.92 Å². The summed E-state index contributed by atoms with van der Waals surface area (Å²) in [5.41, 5.74) is 1.71. The molecule has 0 N–H and O–H groups in total. The number of rotatable bonds is 8. The monoisotopic (exact) mass is 496 g/mol. The first kappa shape index (κ1) is 25.4. The summed E-state index contributed by atoms with van der Waals surface area (Å²) in [4.78, 5) is 43.6. The van der Waals surface area contributed by atoms with Gasteiger partial charge in [-0.25, -0.2) is 0 Å². The molecule has 0 aliphatic carbocycles. The van der Waals surface area contributed by atoms with E-state index in [-0.39, 0.29) is 43.0 Å². The molecular formula is C28H33ClN2O4. The molecule has 2 aromatic carbocycles. The molecule has 4 rings (SSSR count). The summed E-state index contributed by atoms with van der Waals surface area (Å²) < 4.78 is 5.09. The van der Waals surface area contributed by atoms with Crippen molar-refractivity contribution in [3.63, 3.8) is 0 Å². The lowest BCUT2D eigenvalue weighted by molar-refractivity contribution is -0.143. The molecule has 0 unspecified atom stereocenters. The van der Waals surface area contributed by atoms with E-state index in [1.807, 2.05) is 4.90 Å². The number of piperidine rings is 1. The van der Waals surface area contributed by atoms with Crippen molar-refractivity contribution in [2.45, 2.75) is 50.4 Å². The molecule has 0 aromatic heterocycles. The van der Waals surface area contributed by atoms with E-state index in [0.717, 1.165) is 12.8 Å². The van der Waals surface area contributed by atoms with Crippen LogP contribution in [0.3, 0.4) is 0 Å². The molecule has 0 radical (unpaired) electrons. The Hall–Kier alpha value is -2.70. The van der Waals surface area contributed by atoms with Gasteiger partial charge in [-0.15, -0.1) is 0 Å². The van der Waals surface area contributed by atoms with Crippen molar-refractivity contribution in [2.75, 3.05) is 33.4 Å². The molecule has 35 heavy (non-hydrogen) atoms. The normalized spacial score (nSPS) is 22.7. The number of hydrogen-bond acceptors (Lipinski definition) is 4. The Morgan fingerprint density at radius 2 is 1.97 bits per heavy atom. The SMILES string of the molecule is COCCCN1C(=O)C[C@](CC(=O)N2CCC[C@H](c3cccc(C)c3)C2)(c2ccccc2Cl)C1=O. The van der Waals surface area contributed by atoms with Crippen molar-refractivity contribution < 1.29 is 19.1 Å². The Labute approximate surface area is 212 Å². The minimum Gasteiger partial charge on any atom is -0.385 e. The molecule has 2 atom stereocenters. The van der Waals surface area contributed by atoms with Crippen LogP contribution < -0.4 is 0 Å². The van der Waals surface area contributed by atoms with Gasteiger partial charge in [0.05, 0.1) is 5.41 Å². The number of carbonyl (C=O) groups is 3. The first-order valence-electron chi connectivity index (χ1n) is 12.3. The Morgan fingerprint density at radius 1 is 1.17 bits per heavy atom. The minimum atomic E-state index is -1.28. The molecule has 2 saturated heterocycles. The molecule has 7 heteroatoms. The number of imide groups is 1. The molecule has 2 heterocycles. The molecule has 6 nitrogen and oxygen atoms in total. The van der Waals surface area contributed by atoms with Crippen LogP contribution >= 0.6 is 11.6 Å². The standard InChI is InChI=1S/C28H33ClN2O4/c1-20-8-5-9-21(16-20)22-10-6-13-30(19-22)25(32)17-28(23-11-3-4-12-24(23)29)18-26(33)31(27(28)34)14-7-15-35-2/h3-5,8-9,11-12,16,22H,6-7,10,13-15,17-19H2,1-2H3/t22-,28+/m0/s1. The van der Waals surface area contributed by atoms with Gasteiger partial charge in [0.2, 0.25) is 17.7 Å². The molecule has 0 bridgehead atoms. The number of aryl methyl sites for hydroxylation is 1. The van der Waals surface area contributed by atoms with E-state index in [9.17, 15) is 14.4 Å². The van der Waals surface area contributed by atoms with Gasteiger partial charge in [0.1, 0.15) is 0 Å². The van der Waals surface area contributed by atoms with Gasteiger partial charge in [-0.1, -0.05) is 59.6 Å². The van der Waals surface area contributed by atoms with Crippen LogP contribution in [-0.2, 0) is 24.5 Å². The summed E-state index contributed by atoms with van der Waals surface area (Å²) >= 11 is 6.54. The number of ether oxygens (including phenoxy) is 1. The molecule has 0 saturated carbocycles. The van der Waals surface area contributed by atoms with Crippen molar-refractivity contribution in [3.05, 3.63) is 70.2 Å². The van der Waals surface area contributed by atoms with Crippen molar-refractivity contribution in [1.29, 1.82) is 0 Å². The Bertz CT molecular complexity index is 1100. The number of likely N-dealkylation sites (tertiary alicyclic amines) is 2. The van der Waals surface area contributed by atoms with Gasteiger partial charge < -0.3 is 9.64 Å². The van der Waals surface area contributed by atoms with Crippen molar-refractivity contribution in [2.24, 2.45) is 0 Å². The second-order valence-corrected chi connectivity index (χ2v) is 10.1. The third-order valence-corrected chi connectivity index (χ3v) is 7.60. The summed E-state index contributed by atoms with van der Waals surface area (Å²) in [7, 11) is 1.59. The second-order valence-electron chi connectivity index (χ2n) is 9.71. The number of nitrogens with zero attached hydrogens (tertiary/aromatic N) is 2. The highest BCUT2D eigenvalue weighted by atomic mass is 35.5. The van der Waals surface area contributed by atoms with Gasteiger partial charge in [0.25, 0.3) is 0 Å². The maximum absolute atomic E-state index is 13.8. The fraction of sp³-hybridized carbons (Fsp3) is 0.464. The van der Waals surface area contributed by atoms with Gasteiger partial charge in [-0.3, -0.25) is 19.3 Å². The largest absolute Gasteiger partial charge is 0.385 e. The van der Waals surface area contributed by atoms with Crippen LogP contribution in [0.25, 0.3) is 0 Å². The first-order valence-corrected chi connectivity index (χ1v) is 12.7. The third-order valence-electron chi connectivity index (χ3n) is 7.27. The highest BCUT2D eigenvalue weighted by Crippen LogP contribution is 2.43. The van der Waals surface area contributed by atoms with Crippen molar-refractivity contribution in [1.82, 2.24) is 9.80 Å². The van der Waals surface area contributed by atoms with E-state index in [1.54, 1.807) is 31.4 Å². The second kappa shape index (κ2) is 10.9. The van der Waals surface area contributed by atoms with E-state index < -0.39 is 5.41 Å². The lowest BCUT2D eigenvalue weighted by atomic mass is 9.75. The van der Waals surface area contributed by atoms with E-state index in [4.69, 9.17) is 16.3 Å². The zero-order chi connectivity index (χ0) is 25.0. The van der Waals surface area contributed by atoms with Gasteiger partial charge in [0, 0.05) is 57.1 Å². The van der Waals surface area contributed by atoms with E-state index in [1.165, 1.54) is 16.0 Å². The number of benzene rings is 2. The number of hydrogen-bond donors (Lipinski definition) is 0. The molecule has 186 valence electrons. The van der Waals surface area contributed by atoms with Crippen LogP contribution in [-0.4, -0.2) is 60.9 Å². The highest BCUT2D eigenvalue weighted by Gasteiger charge is 2.54. The zero-order valence-corrected chi connectivity index (χ0v) is 21.2. The fourth-order valence-corrected chi connectivity index (χ4v) is 5.77. The maximum atomic E-state index is 13.8.